The summed E-state index contributed by atoms with van der Waals surface area (Å²) in [5.41, 5.74) is 1.75. The molecule has 3 rings (SSSR count). The molecule has 0 spiro atoms. The van der Waals surface area contributed by atoms with Gasteiger partial charge in [0.15, 0.2) is 0 Å². The average Bonchev–Trinajstić information content (AvgIpc) is 3.07. The topological polar surface area (TPSA) is 64.7 Å². The van der Waals surface area contributed by atoms with Gasteiger partial charge in [0.2, 0.25) is 11.8 Å². The molecule has 2 saturated heterocycles. The van der Waals surface area contributed by atoms with Crippen molar-refractivity contribution in [3.63, 3.8) is 0 Å². The number of carbonyl (C=O) groups excluding carboxylic acids is 2. The highest BCUT2D eigenvalue weighted by atomic mass is 16.2. The molecule has 1 aromatic rings. The molecule has 24 heavy (non-hydrogen) atoms. The molecule has 0 bridgehead atoms. The summed E-state index contributed by atoms with van der Waals surface area (Å²) < 4.78 is 0. The van der Waals surface area contributed by atoms with E-state index in [0.29, 0.717) is 12.5 Å². The molecule has 0 aliphatic carbocycles. The van der Waals surface area contributed by atoms with Gasteiger partial charge >= 0.3 is 0 Å². The Balaban J connectivity index is 1.51. The van der Waals surface area contributed by atoms with Gasteiger partial charge in [0, 0.05) is 57.9 Å². The molecular formula is C18H26N4O2. The maximum Gasteiger partial charge on any atom is 0.227 e. The van der Waals surface area contributed by atoms with Gasteiger partial charge in [-0.15, -0.1) is 0 Å². The predicted molar refractivity (Wildman–Crippen MR) is 93.9 cm³/mol. The number of carbonyl (C=O) groups is 2. The zero-order chi connectivity index (χ0) is 16.9. The van der Waals surface area contributed by atoms with E-state index in [4.69, 9.17) is 0 Å². The minimum atomic E-state index is -0.0881. The zero-order valence-corrected chi connectivity index (χ0v) is 14.3. The van der Waals surface area contributed by atoms with Gasteiger partial charge < -0.3 is 15.5 Å². The van der Waals surface area contributed by atoms with Crippen LogP contribution in [0.2, 0.25) is 0 Å². The van der Waals surface area contributed by atoms with Crippen molar-refractivity contribution >= 4 is 17.5 Å². The summed E-state index contributed by atoms with van der Waals surface area (Å²) in [7, 11) is 0. The zero-order valence-electron chi connectivity index (χ0n) is 14.3. The van der Waals surface area contributed by atoms with Crippen molar-refractivity contribution < 1.29 is 9.59 Å². The first-order valence-corrected chi connectivity index (χ1v) is 8.71. The molecule has 6 heteroatoms. The first-order chi connectivity index (χ1) is 11.6. The van der Waals surface area contributed by atoms with Gasteiger partial charge in [-0.2, -0.15) is 0 Å². The third kappa shape index (κ3) is 4.33. The Hall–Kier alpha value is -1.92. The van der Waals surface area contributed by atoms with Gasteiger partial charge in [0.05, 0.1) is 6.42 Å². The number of nitrogens with zero attached hydrogens (tertiary/aromatic N) is 2. The molecule has 1 aromatic carbocycles. The van der Waals surface area contributed by atoms with Gasteiger partial charge in [0.25, 0.3) is 0 Å². The van der Waals surface area contributed by atoms with Crippen LogP contribution in [-0.4, -0.2) is 66.9 Å². The predicted octanol–water partition coefficient (Wildman–Crippen LogP) is 0.694. The van der Waals surface area contributed by atoms with Crippen LogP contribution in [0.15, 0.2) is 24.3 Å². The SMILES string of the molecule is CC(=O)Nc1ccc(CC(=O)N2CCC(N3CCNCC3)C2)cc1. The molecule has 1 unspecified atom stereocenters. The van der Waals surface area contributed by atoms with Crippen molar-refractivity contribution in [3.8, 4) is 0 Å². The molecular weight excluding hydrogens is 304 g/mol. The smallest absolute Gasteiger partial charge is 0.227 e. The van der Waals surface area contributed by atoms with Crippen molar-refractivity contribution in [2.45, 2.75) is 25.8 Å². The largest absolute Gasteiger partial charge is 0.341 e. The fourth-order valence-electron chi connectivity index (χ4n) is 3.51. The maximum absolute atomic E-state index is 12.5. The quantitative estimate of drug-likeness (QED) is 0.853. The van der Waals surface area contributed by atoms with Gasteiger partial charge in [0.1, 0.15) is 0 Å². The number of benzene rings is 1. The first kappa shape index (κ1) is 16.9. The first-order valence-electron chi connectivity index (χ1n) is 8.71. The molecule has 0 aromatic heterocycles. The summed E-state index contributed by atoms with van der Waals surface area (Å²) >= 11 is 0. The monoisotopic (exact) mass is 330 g/mol. The number of likely N-dealkylation sites (tertiary alicyclic amines) is 1. The Morgan fingerprint density at radius 3 is 2.54 bits per heavy atom. The summed E-state index contributed by atoms with van der Waals surface area (Å²) in [5.74, 6) is 0.106. The van der Waals surface area contributed by atoms with Crippen LogP contribution in [0.5, 0.6) is 0 Å². The number of hydrogen-bond acceptors (Lipinski definition) is 4. The summed E-state index contributed by atoms with van der Waals surface area (Å²) in [6.07, 6.45) is 1.50. The Kier molecular flexibility index (Phi) is 5.48. The lowest BCUT2D eigenvalue weighted by Gasteiger charge is -2.32. The number of piperazine rings is 1. The van der Waals surface area contributed by atoms with Crippen molar-refractivity contribution in [2.24, 2.45) is 0 Å². The van der Waals surface area contributed by atoms with Gasteiger partial charge in [-0.05, 0) is 24.1 Å². The van der Waals surface area contributed by atoms with Gasteiger partial charge in [-0.1, -0.05) is 12.1 Å². The van der Waals surface area contributed by atoms with Crippen molar-refractivity contribution in [1.82, 2.24) is 15.1 Å². The second-order valence-electron chi connectivity index (χ2n) is 6.62. The van der Waals surface area contributed by atoms with E-state index in [9.17, 15) is 9.59 Å². The van der Waals surface area contributed by atoms with E-state index in [0.717, 1.165) is 56.9 Å². The third-order valence-electron chi connectivity index (χ3n) is 4.81. The molecule has 2 aliphatic heterocycles. The molecule has 6 nitrogen and oxygen atoms in total. The Bertz CT molecular complexity index is 581. The number of nitrogens with one attached hydrogen (secondary N) is 2. The summed E-state index contributed by atoms with van der Waals surface area (Å²) in [6.45, 7) is 7.45. The molecule has 1 atom stereocenters. The number of anilines is 1. The molecule has 2 N–H and O–H groups in total. The lowest BCUT2D eigenvalue weighted by atomic mass is 10.1. The minimum Gasteiger partial charge on any atom is -0.341 e. The van der Waals surface area contributed by atoms with Crippen LogP contribution in [0.3, 0.4) is 0 Å². The van der Waals surface area contributed by atoms with Crippen LogP contribution in [0.25, 0.3) is 0 Å². The van der Waals surface area contributed by atoms with Gasteiger partial charge in [-0.25, -0.2) is 0 Å². The van der Waals surface area contributed by atoms with Crippen molar-refractivity contribution in [3.05, 3.63) is 29.8 Å². The minimum absolute atomic E-state index is 0.0881. The maximum atomic E-state index is 12.5. The number of amides is 2. The molecule has 2 aliphatic rings. The van der Waals surface area contributed by atoms with E-state index in [1.807, 2.05) is 29.2 Å². The Labute approximate surface area is 143 Å². The molecule has 130 valence electrons. The van der Waals surface area contributed by atoms with E-state index < -0.39 is 0 Å². The van der Waals surface area contributed by atoms with E-state index >= 15 is 0 Å². The summed E-state index contributed by atoms with van der Waals surface area (Å²) in [5, 5.41) is 6.11. The molecule has 2 heterocycles. The van der Waals surface area contributed by atoms with Crippen LogP contribution in [-0.2, 0) is 16.0 Å². The average molecular weight is 330 g/mol. The second-order valence-corrected chi connectivity index (χ2v) is 6.62. The lowest BCUT2D eigenvalue weighted by Crippen LogP contribution is -2.49. The van der Waals surface area contributed by atoms with Crippen molar-refractivity contribution in [1.29, 1.82) is 0 Å². The highest BCUT2D eigenvalue weighted by Crippen LogP contribution is 2.18. The molecule has 0 saturated carbocycles. The normalized spacial score (nSPS) is 21.7. The Morgan fingerprint density at radius 2 is 1.88 bits per heavy atom. The highest BCUT2D eigenvalue weighted by Gasteiger charge is 2.30. The van der Waals surface area contributed by atoms with E-state index in [2.05, 4.69) is 15.5 Å². The number of hydrogen-bond donors (Lipinski definition) is 2. The fraction of sp³-hybridized carbons (Fsp3) is 0.556. The molecule has 2 fully saturated rings. The van der Waals surface area contributed by atoms with Gasteiger partial charge in [-0.3, -0.25) is 14.5 Å². The van der Waals surface area contributed by atoms with Crippen LogP contribution in [0.4, 0.5) is 5.69 Å². The molecule has 2 amide bonds. The molecule has 0 radical (unpaired) electrons. The second kappa shape index (κ2) is 7.77. The van der Waals surface area contributed by atoms with Crippen LogP contribution >= 0.6 is 0 Å². The van der Waals surface area contributed by atoms with Crippen LogP contribution in [0, 0.1) is 0 Å². The highest BCUT2D eigenvalue weighted by molar-refractivity contribution is 5.88. The van der Waals surface area contributed by atoms with E-state index in [-0.39, 0.29) is 11.8 Å². The summed E-state index contributed by atoms with van der Waals surface area (Å²) in [6, 6.07) is 8.02. The number of rotatable bonds is 4. The van der Waals surface area contributed by atoms with Crippen LogP contribution < -0.4 is 10.6 Å². The Morgan fingerprint density at radius 1 is 1.17 bits per heavy atom. The van der Waals surface area contributed by atoms with E-state index in [1.54, 1.807) is 0 Å². The fourth-order valence-corrected chi connectivity index (χ4v) is 3.51. The summed E-state index contributed by atoms with van der Waals surface area (Å²) in [4.78, 5) is 28.1. The lowest BCUT2D eigenvalue weighted by molar-refractivity contribution is -0.129. The van der Waals surface area contributed by atoms with Crippen molar-refractivity contribution in [2.75, 3.05) is 44.6 Å². The standard InChI is InChI=1S/C18H26N4O2/c1-14(23)20-16-4-2-15(3-5-16)12-18(24)22-9-6-17(13-22)21-10-7-19-8-11-21/h2-5,17,19H,6-13H2,1H3,(H,20,23). The van der Waals surface area contributed by atoms with E-state index in [1.165, 1.54) is 6.92 Å². The third-order valence-corrected chi connectivity index (χ3v) is 4.81. The van der Waals surface area contributed by atoms with Crippen LogP contribution in [0.1, 0.15) is 18.9 Å².